The maximum absolute atomic E-state index is 11.4. The molecule has 0 atom stereocenters. The van der Waals surface area contributed by atoms with Crippen molar-refractivity contribution in [2.45, 2.75) is 6.92 Å². The standard InChI is InChI=1S/C18H12N2OS2/c1-11(21)17-9-13(10-22-17)19-12-6-7-15-18(8-12)23-16-5-3-2-4-14(16)20-15/h2-10H,1H3/b19-12+. The summed E-state index contributed by atoms with van der Waals surface area (Å²) in [4.78, 5) is 22.5. The van der Waals surface area contributed by atoms with Crippen LogP contribution in [0, 0.1) is 0 Å². The fourth-order valence-electron chi connectivity index (χ4n) is 2.35. The number of thiophene rings is 1. The Kier molecular flexibility index (Phi) is 3.52. The van der Waals surface area contributed by atoms with Crippen LogP contribution in [0.15, 0.2) is 58.9 Å². The van der Waals surface area contributed by atoms with Gasteiger partial charge in [-0.15, -0.1) is 22.7 Å². The van der Waals surface area contributed by atoms with E-state index in [4.69, 9.17) is 0 Å². The molecule has 1 aromatic carbocycles. The second-order valence-corrected chi connectivity index (χ2v) is 7.17. The van der Waals surface area contributed by atoms with Crippen molar-refractivity contribution in [1.82, 2.24) is 4.98 Å². The molecule has 112 valence electrons. The minimum Gasteiger partial charge on any atom is -0.294 e. The molecule has 2 aliphatic rings. The number of Topliss-reactive ketones (excluding diaryl/α,β-unsaturated/α-hetero) is 1. The molecule has 0 saturated carbocycles. The van der Waals surface area contributed by atoms with E-state index in [-0.39, 0.29) is 5.78 Å². The number of nitrogens with zero attached hydrogens (tertiary/aromatic N) is 2. The molecule has 1 aliphatic heterocycles. The zero-order chi connectivity index (χ0) is 15.8. The van der Waals surface area contributed by atoms with Gasteiger partial charge in [-0.25, -0.2) is 9.98 Å². The van der Waals surface area contributed by atoms with Gasteiger partial charge in [0.1, 0.15) is 0 Å². The molecule has 3 nitrogen and oxygen atoms in total. The first-order valence-electron chi connectivity index (χ1n) is 7.13. The van der Waals surface area contributed by atoms with E-state index >= 15 is 0 Å². The predicted octanol–water partition coefficient (Wildman–Crippen LogP) is 4.90. The van der Waals surface area contributed by atoms with Crippen LogP contribution in [-0.4, -0.2) is 10.8 Å². The lowest BCUT2D eigenvalue weighted by atomic mass is 10.2. The molecule has 0 radical (unpaired) electrons. The van der Waals surface area contributed by atoms with Gasteiger partial charge in [-0.1, -0.05) is 12.1 Å². The highest BCUT2D eigenvalue weighted by molar-refractivity contribution is 7.21. The van der Waals surface area contributed by atoms with Gasteiger partial charge in [-0.2, -0.15) is 0 Å². The quantitative estimate of drug-likeness (QED) is 0.386. The average molecular weight is 336 g/mol. The molecule has 0 bridgehead atoms. The first kappa shape index (κ1) is 14.2. The number of ketones is 1. The van der Waals surface area contributed by atoms with E-state index in [0.717, 1.165) is 36.7 Å². The van der Waals surface area contributed by atoms with Crippen LogP contribution >= 0.6 is 22.7 Å². The summed E-state index contributed by atoms with van der Waals surface area (Å²) in [6.45, 7) is 1.57. The number of rotatable bonds is 2. The third-order valence-electron chi connectivity index (χ3n) is 3.46. The molecule has 23 heavy (non-hydrogen) atoms. The zero-order valence-electron chi connectivity index (χ0n) is 12.3. The number of aromatic nitrogens is 1. The molecule has 0 saturated heterocycles. The lowest BCUT2D eigenvalue weighted by molar-refractivity contribution is 0.102. The molecule has 0 amide bonds. The van der Waals surface area contributed by atoms with E-state index in [0.29, 0.717) is 0 Å². The van der Waals surface area contributed by atoms with E-state index in [1.807, 2.05) is 47.8 Å². The Hall–Kier alpha value is -2.37. The summed E-state index contributed by atoms with van der Waals surface area (Å²) in [5, 5.41) is 2.78. The van der Waals surface area contributed by atoms with Crippen LogP contribution in [0.2, 0.25) is 0 Å². The number of hydrogen-bond acceptors (Lipinski definition) is 5. The van der Waals surface area contributed by atoms with Gasteiger partial charge < -0.3 is 0 Å². The largest absolute Gasteiger partial charge is 0.294 e. The monoisotopic (exact) mass is 336 g/mol. The predicted molar refractivity (Wildman–Crippen MR) is 95.8 cm³/mol. The van der Waals surface area contributed by atoms with Crippen LogP contribution in [0.4, 0.5) is 5.69 Å². The second kappa shape index (κ2) is 5.68. The highest BCUT2D eigenvalue weighted by Gasteiger charge is 2.07. The van der Waals surface area contributed by atoms with Crippen LogP contribution in [0.25, 0.3) is 20.8 Å². The van der Waals surface area contributed by atoms with Crippen LogP contribution in [0.5, 0.6) is 0 Å². The van der Waals surface area contributed by atoms with Crippen molar-refractivity contribution in [3.05, 3.63) is 64.1 Å². The first-order valence-corrected chi connectivity index (χ1v) is 8.82. The SMILES string of the molecule is CC(=O)c1cc(/N=c2\ccc3nc4ccccc4sc-3c2)cs1. The Labute approximate surface area is 141 Å². The molecule has 0 spiro atoms. The van der Waals surface area contributed by atoms with E-state index < -0.39 is 0 Å². The van der Waals surface area contributed by atoms with Gasteiger partial charge in [0.05, 0.1) is 36.7 Å². The van der Waals surface area contributed by atoms with Crippen LogP contribution in [0.3, 0.4) is 0 Å². The number of carbonyl (C=O) groups excluding carboxylic acids is 1. The van der Waals surface area contributed by atoms with Crippen molar-refractivity contribution in [2.75, 3.05) is 0 Å². The van der Waals surface area contributed by atoms with Crippen molar-refractivity contribution >= 4 is 44.4 Å². The summed E-state index contributed by atoms with van der Waals surface area (Å²) < 4.78 is 1.16. The molecular formula is C18H12N2OS2. The summed E-state index contributed by atoms with van der Waals surface area (Å²) in [5.74, 6) is 0.0767. The third-order valence-corrected chi connectivity index (χ3v) is 5.59. The molecule has 4 rings (SSSR count). The van der Waals surface area contributed by atoms with Crippen molar-refractivity contribution in [3.63, 3.8) is 0 Å². The summed E-state index contributed by atoms with van der Waals surface area (Å²) in [6.07, 6.45) is 0. The normalized spacial score (nSPS) is 12.1. The number of carbonyl (C=O) groups is 1. The van der Waals surface area contributed by atoms with Crippen LogP contribution in [0.1, 0.15) is 16.6 Å². The topological polar surface area (TPSA) is 42.3 Å². The average Bonchev–Trinajstić information content (AvgIpc) is 3.01. The molecule has 2 aromatic rings. The molecule has 0 fully saturated rings. The minimum atomic E-state index is 0.0767. The lowest BCUT2D eigenvalue weighted by Crippen LogP contribution is -2.00. The molecule has 0 N–H and O–H groups in total. The number of benzene rings is 2. The van der Waals surface area contributed by atoms with Gasteiger partial charge in [0.25, 0.3) is 0 Å². The highest BCUT2D eigenvalue weighted by Crippen LogP contribution is 2.29. The fourth-order valence-corrected chi connectivity index (χ4v) is 4.07. The maximum Gasteiger partial charge on any atom is 0.169 e. The smallest absolute Gasteiger partial charge is 0.169 e. The van der Waals surface area contributed by atoms with E-state index in [1.54, 1.807) is 18.3 Å². The van der Waals surface area contributed by atoms with E-state index in [1.165, 1.54) is 11.3 Å². The van der Waals surface area contributed by atoms with Crippen molar-refractivity contribution < 1.29 is 4.79 Å². The summed E-state index contributed by atoms with van der Waals surface area (Å²) in [7, 11) is 0. The summed E-state index contributed by atoms with van der Waals surface area (Å²) >= 11 is 3.14. The Morgan fingerprint density at radius 2 is 2.00 bits per heavy atom. The highest BCUT2D eigenvalue weighted by atomic mass is 32.1. The summed E-state index contributed by atoms with van der Waals surface area (Å²) in [5.41, 5.74) is 2.80. The van der Waals surface area contributed by atoms with Crippen molar-refractivity contribution in [2.24, 2.45) is 4.99 Å². The van der Waals surface area contributed by atoms with Gasteiger partial charge in [0.2, 0.25) is 0 Å². The van der Waals surface area contributed by atoms with Gasteiger partial charge in [0.15, 0.2) is 5.78 Å². The second-order valence-electron chi connectivity index (χ2n) is 5.17. The lowest BCUT2D eigenvalue weighted by Gasteiger charge is -2.05. The van der Waals surface area contributed by atoms with Gasteiger partial charge in [-0.3, -0.25) is 4.79 Å². The summed E-state index contributed by atoms with van der Waals surface area (Å²) in [6, 6.07) is 16.0. The van der Waals surface area contributed by atoms with Gasteiger partial charge in [-0.05, 0) is 43.3 Å². The van der Waals surface area contributed by atoms with Crippen molar-refractivity contribution in [3.8, 4) is 10.6 Å². The zero-order valence-corrected chi connectivity index (χ0v) is 13.9. The van der Waals surface area contributed by atoms with Gasteiger partial charge >= 0.3 is 0 Å². The fraction of sp³-hybridized carbons (Fsp3) is 0.0556. The minimum absolute atomic E-state index is 0.0767. The van der Waals surface area contributed by atoms with E-state index in [9.17, 15) is 4.79 Å². The molecule has 2 heterocycles. The molecule has 1 aliphatic carbocycles. The Morgan fingerprint density at radius 3 is 2.83 bits per heavy atom. The third kappa shape index (κ3) is 2.81. The Balaban J connectivity index is 1.84. The Morgan fingerprint density at radius 1 is 1.13 bits per heavy atom. The van der Waals surface area contributed by atoms with E-state index in [2.05, 4.69) is 16.0 Å². The number of fused-ring (bicyclic) bond motifs is 2. The molecule has 1 aromatic heterocycles. The molecular weight excluding hydrogens is 324 g/mol. The molecule has 0 unspecified atom stereocenters. The first-order chi connectivity index (χ1) is 11.2. The van der Waals surface area contributed by atoms with Crippen molar-refractivity contribution in [1.29, 1.82) is 0 Å². The molecule has 5 heteroatoms. The van der Waals surface area contributed by atoms with Crippen LogP contribution < -0.4 is 5.36 Å². The number of hydrogen-bond donors (Lipinski definition) is 0. The van der Waals surface area contributed by atoms with Crippen LogP contribution in [-0.2, 0) is 0 Å². The number of para-hydroxylation sites is 1. The van der Waals surface area contributed by atoms with Gasteiger partial charge in [0, 0.05) is 5.38 Å². The maximum atomic E-state index is 11.4. The Bertz CT molecular complexity index is 1060.